The van der Waals surface area contributed by atoms with Crippen LogP contribution in [-0.2, 0) is 14.4 Å². The van der Waals surface area contributed by atoms with Gasteiger partial charge in [0.15, 0.2) is 0 Å². The average molecular weight is 482 g/mol. The fraction of sp³-hybridized carbons (Fsp3) is 0.538. The Bertz CT molecular complexity index is 1020. The Kier molecular flexibility index (Phi) is 8.17. The molecule has 1 saturated heterocycles. The number of aromatic nitrogens is 1. The van der Waals surface area contributed by atoms with Gasteiger partial charge in [-0.05, 0) is 51.1 Å². The molecule has 9 heteroatoms. The smallest absolute Gasteiger partial charge is 0.249 e. The van der Waals surface area contributed by atoms with Crippen molar-refractivity contribution in [3.8, 4) is 11.1 Å². The molecule has 0 spiro atoms. The molecular weight excluding hydrogens is 446 g/mol. The Morgan fingerprint density at radius 3 is 2.51 bits per heavy atom. The highest BCUT2D eigenvalue weighted by Gasteiger charge is 2.41. The summed E-state index contributed by atoms with van der Waals surface area (Å²) in [6.45, 7) is 2.26. The SMILES string of the molecule is CN[C@@H](C)C(=O)N[C@H](C(=O)N1CCC[C@H]1C(=O)Nc1oncc1-c1ccccc1)C1CCCCC1. The molecule has 188 valence electrons. The molecule has 0 bridgehead atoms. The first-order chi connectivity index (χ1) is 17.0. The quantitative estimate of drug-likeness (QED) is 0.534. The Labute approximate surface area is 206 Å². The van der Waals surface area contributed by atoms with E-state index in [0.29, 0.717) is 18.5 Å². The lowest BCUT2D eigenvalue weighted by Gasteiger charge is -2.35. The van der Waals surface area contributed by atoms with Gasteiger partial charge in [-0.3, -0.25) is 19.7 Å². The van der Waals surface area contributed by atoms with Crippen LogP contribution in [0.1, 0.15) is 51.9 Å². The van der Waals surface area contributed by atoms with Crippen molar-refractivity contribution in [2.75, 3.05) is 18.9 Å². The fourth-order valence-electron chi connectivity index (χ4n) is 5.09. The second kappa shape index (κ2) is 11.5. The number of likely N-dealkylation sites (tertiary alicyclic amines) is 1. The van der Waals surface area contributed by atoms with E-state index in [1.54, 1.807) is 25.1 Å². The van der Waals surface area contributed by atoms with Crippen LogP contribution >= 0.6 is 0 Å². The third-order valence-electron chi connectivity index (χ3n) is 7.24. The molecule has 3 atom stereocenters. The summed E-state index contributed by atoms with van der Waals surface area (Å²) >= 11 is 0. The fourth-order valence-corrected chi connectivity index (χ4v) is 5.09. The van der Waals surface area contributed by atoms with E-state index >= 15 is 0 Å². The van der Waals surface area contributed by atoms with Crippen LogP contribution in [0.25, 0.3) is 11.1 Å². The lowest BCUT2D eigenvalue weighted by Crippen LogP contribution is -2.57. The molecule has 1 aliphatic carbocycles. The molecule has 2 heterocycles. The minimum absolute atomic E-state index is 0.0764. The van der Waals surface area contributed by atoms with Crippen molar-refractivity contribution in [2.45, 2.75) is 70.0 Å². The van der Waals surface area contributed by atoms with Crippen molar-refractivity contribution in [3.05, 3.63) is 36.5 Å². The van der Waals surface area contributed by atoms with Crippen molar-refractivity contribution in [1.29, 1.82) is 0 Å². The number of carbonyl (C=O) groups excluding carboxylic acids is 3. The van der Waals surface area contributed by atoms with Gasteiger partial charge in [0.25, 0.3) is 0 Å². The number of carbonyl (C=O) groups is 3. The van der Waals surface area contributed by atoms with E-state index in [1.165, 1.54) is 0 Å². The highest BCUT2D eigenvalue weighted by Crippen LogP contribution is 2.31. The maximum atomic E-state index is 13.8. The normalized spacial score (nSPS) is 20.3. The van der Waals surface area contributed by atoms with Crippen LogP contribution in [0, 0.1) is 5.92 Å². The number of hydrogen-bond acceptors (Lipinski definition) is 6. The van der Waals surface area contributed by atoms with Gasteiger partial charge in [0.2, 0.25) is 23.6 Å². The molecule has 4 rings (SSSR count). The minimum Gasteiger partial charge on any atom is -0.343 e. The van der Waals surface area contributed by atoms with Crippen LogP contribution in [-0.4, -0.2) is 59.5 Å². The second-order valence-electron chi connectivity index (χ2n) is 9.51. The van der Waals surface area contributed by atoms with Crippen molar-refractivity contribution in [1.82, 2.24) is 20.7 Å². The number of amides is 3. The lowest BCUT2D eigenvalue weighted by molar-refractivity contribution is -0.142. The Hall–Kier alpha value is -3.20. The summed E-state index contributed by atoms with van der Waals surface area (Å²) in [4.78, 5) is 41.4. The van der Waals surface area contributed by atoms with E-state index in [2.05, 4.69) is 21.1 Å². The van der Waals surface area contributed by atoms with Crippen LogP contribution in [0.3, 0.4) is 0 Å². The van der Waals surface area contributed by atoms with Crippen molar-refractivity contribution < 1.29 is 18.9 Å². The van der Waals surface area contributed by atoms with Crippen molar-refractivity contribution >= 4 is 23.6 Å². The summed E-state index contributed by atoms with van der Waals surface area (Å²) in [5, 5.41) is 12.6. The zero-order valence-electron chi connectivity index (χ0n) is 20.5. The summed E-state index contributed by atoms with van der Waals surface area (Å²) in [7, 11) is 1.72. The largest absolute Gasteiger partial charge is 0.343 e. The monoisotopic (exact) mass is 481 g/mol. The molecule has 3 amide bonds. The highest BCUT2D eigenvalue weighted by molar-refractivity contribution is 6.00. The van der Waals surface area contributed by atoms with E-state index in [-0.39, 0.29) is 29.5 Å². The number of anilines is 1. The van der Waals surface area contributed by atoms with E-state index < -0.39 is 18.1 Å². The van der Waals surface area contributed by atoms with Gasteiger partial charge in [0.05, 0.1) is 17.8 Å². The zero-order valence-corrected chi connectivity index (χ0v) is 20.5. The summed E-state index contributed by atoms with van der Waals surface area (Å²) in [6, 6.07) is 7.89. The van der Waals surface area contributed by atoms with Crippen molar-refractivity contribution in [2.24, 2.45) is 5.92 Å². The Morgan fingerprint density at radius 2 is 1.80 bits per heavy atom. The molecule has 1 aromatic heterocycles. The molecule has 35 heavy (non-hydrogen) atoms. The summed E-state index contributed by atoms with van der Waals surface area (Å²) in [6.07, 6.45) is 7.89. The topological polar surface area (TPSA) is 117 Å². The van der Waals surface area contributed by atoms with Crippen LogP contribution < -0.4 is 16.0 Å². The number of nitrogens with one attached hydrogen (secondary N) is 3. The van der Waals surface area contributed by atoms with E-state index in [1.807, 2.05) is 30.3 Å². The number of rotatable bonds is 8. The number of likely N-dealkylation sites (N-methyl/N-ethyl adjacent to an activating group) is 1. The molecule has 3 N–H and O–H groups in total. The van der Waals surface area contributed by atoms with Gasteiger partial charge in [0, 0.05) is 6.54 Å². The minimum atomic E-state index is -0.628. The molecule has 1 saturated carbocycles. The molecule has 9 nitrogen and oxygen atoms in total. The maximum absolute atomic E-state index is 13.8. The van der Waals surface area contributed by atoms with Crippen molar-refractivity contribution in [3.63, 3.8) is 0 Å². The van der Waals surface area contributed by atoms with Crippen LogP contribution in [0.4, 0.5) is 5.88 Å². The third-order valence-corrected chi connectivity index (χ3v) is 7.24. The summed E-state index contributed by atoms with van der Waals surface area (Å²) in [5.74, 6) is -0.340. The Morgan fingerprint density at radius 1 is 1.06 bits per heavy atom. The van der Waals surface area contributed by atoms with Gasteiger partial charge in [-0.15, -0.1) is 0 Å². The van der Waals surface area contributed by atoms with Crippen LogP contribution in [0.2, 0.25) is 0 Å². The highest BCUT2D eigenvalue weighted by atomic mass is 16.5. The van der Waals surface area contributed by atoms with Gasteiger partial charge in [0.1, 0.15) is 12.1 Å². The van der Waals surface area contributed by atoms with Gasteiger partial charge < -0.3 is 20.1 Å². The van der Waals surface area contributed by atoms with Crippen LogP contribution in [0.5, 0.6) is 0 Å². The average Bonchev–Trinajstić information content (AvgIpc) is 3.57. The first-order valence-electron chi connectivity index (χ1n) is 12.6. The predicted octanol–water partition coefficient (Wildman–Crippen LogP) is 2.94. The molecular formula is C26H35N5O4. The van der Waals surface area contributed by atoms with Gasteiger partial charge in [-0.2, -0.15) is 0 Å². The van der Waals surface area contributed by atoms with Gasteiger partial charge in [-0.1, -0.05) is 54.8 Å². The summed E-state index contributed by atoms with van der Waals surface area (Å²) < 4.78 is 5.33. The molecule has 0 unspecified atom stereocenters. The predicted molar refractivity (Wildman–Crippen MR) is 132 cm³/mol. The van der Waals surface area contributed by atoms with E-state index in [0.717, 1.165) is 44.1 Å². The van der Waals surface area contributed by atoms with E-state index in [9.17, 15) is 14.4 Å². The number of benzene rings is 1. The molecule has 2 aromatic rings. The molecule has 2 aliphatic rings. The Balaban J connectivity index is 1.50. The van der Waals surface area contributed by atoms with E-state index in [4.69, 9.17) is 4.52 Å². The number of hydrogen-bond donors (Lipinski definition) is 3. The maximum Gasteiger partial charge on any atom is 0.249 e. The molecule has 0 radical (unpaired) electrons. The first kappa shape index (κ1) is 24.9. The molecule has 2 fully saturated rings. The first-order valence-corrected chi connectivity index (χ1v) is 12.6. The van der Waals surface area contributed by atoms with Gasteiger partial charge in [-0.25, -0.2) is 0 Å². The second-order valence-corrected chi connectivity index (χ2v) is 9.51. The third kappa shape index (κ3) is 5.73. The summed E-state index contributed by atoms with van der Waals surface area (Å²) in [5.41, 5.74) is 1.56. The zero-order chi connectivity index (χ0) is 24.8. The number of nitrogens with zero attached hydrogens (tertiary/aromatic N) is 2. The molecule has 1 aromatic carbocycles. The standard InChI is InChI=1S/C26H35N5O4/c1-17(27-2)23(32)29-22(19-12-7-4-8-13-19)26(34)31-15-9-14-21(31)24(33)30-25-20(16-28-35-25)18-10-5-3-6-11-18/h3,5-6,10-11,16-17,19,21-22,27H,4,7-9,12-15H2,1-2H3,(H,29,32)(H,30,33)/t17-,21-,22-/m0/s1. The lowest BCUT2D eigenvalue weighted by atomic mass is 9.83. The molecule has 1 aliphatic heterocycles. The van der Waals surface area contributed by atoms with Gasteiger partial charge >= 0.3 is 0 Å². The van der Waals surface area contributed by atoms with Crippen LogP contribution in [0.15, 0.2) is 41.1 Å².